The summed E-state index contributed by atoms with van der Waals surface area (Å²) in [6, 6.07) is 8.96. The number of halogens is 1. The maximum absolute atomic E-state index is 13.8. The number of amides is 1. The number of fused-ring (bicyclic) bond motifs is 1. The van der Waals surface area contributed by atoms with E-state index in [-0.39, 0.29) is 18.3 Å². The van der Waals surface area contributed by atoms with E-state index < -0.39 is 0 Å². The van der Waals surface area contributed by atoms with Gasteiger partial charge in [0.15, 0.2) is 16.6 Å². The van der Waals surface area contributed by atoms with Crippen molar-refractivity contribution in [2.45, 2.75) is 20.3 Å². The first-order valence-corrected chi connectivity index (χ1v) is 12.1. The molecule has 1 amide bonds. The van der Waals surface area contributed by atoms with Gasteiger partial charge < -0.3 is 23.8 Å². The highest BCUT2D eigenvalue weighted by atomic mass is 35.5. The fourth-order valence-electron chi connectivity index (χ4n) is 3.56. The fraction of sp³-hybridized carbons (Fsp3) is 0.440. The third kappa shape index (κ3) is 6.68. The third-order valence-electron chi connectivity index (χ3n) is 5.15. The van der Waals surface area contributed by atoms with Gasteiger partial charge in [-0.25, -0.2) is 4.98 Å². The van der Waals surface area contributed by atoms with Gasteiger partial charge in [0.05, 0.1) is 27.4 Å². The Kier molecular flexibility index (Phi) is 10.9. The summed E-state index contributed by atoms with van der Waals surface area (Å²) in [7, 11) is 7.26. The van der Waals surface area contributed by atoms with Gasteiger partial charge in [-0.05, 0) is 71.2 Å². The molecule has 3 aromatic rings. The van der Waals surface area contributed by atoms with Crippen molar-refractivity contribution in [1.29, 1.82) is 0 Å². The molecule has 3 rings (SSSR count). The summed E-state index contributed by atoms with van der Waals surface area (Å²) < 4.78 is 23.3. The normalized spacial score (nSPS) is 10.7. The number of hydrogen-bond acceptors (Lipinski definition) is 8. The summed E-state index contributed by atoms with van der Waals surface area (Å²) >= 11 is 1.41. The number of carbonyl (C=O) groups is 1. The molecule has 1 heterocycles. The van der Waals surface area contributed by atoms with Crippen molar-refractivity contribution in [2.24, 2.45) is 0 Å². The van der Waals surface area contributed by atoms with Crippen LogP contribution < -0.4 is 23.8 Å². The molecular weight excluding hydrogens is 490 g/mol. The topological polar surface area (TPSA) is 73.4 Å². The molecule has 10 heteroatoms. The second kappa shape index (κ2) is 13.4. The van der Waals surface area contributed by atoms with E-state index in [2.05, 4.69) is 4.90 Å². The summed E-state index contributed by atoms with van der Waals surface area (Å²) in [5, 5.41) is 0.591. The number of nitrogens with zero attached hydrogens (tertiary/aromatic N) is 3. The number of aromatic nitrogens is 1. The minimum Gasteiger partial charge on any atom is -0.495 e. The van der Waals surface area contributed by atoms with Crippen LogP contribution in [-0.2, 0) is 0 Å². The van der Waals surface area contributed by atoms with Crippen LogP contribution in [0.1, 0.15) is 30.6 Å². The van der Waals surface area contributed by atoms with Gasteiger partial charge in [0.1, 0.15) is 21.7 Å². The number of rotatable bonds is 12. The molecule has 0 N–H and O–H groups in total. The molecule has 0 saturated heterocycles. The molecule has 8 nitrogen and oxygen atoms in total. The van der Waals surface area contributed by atoms with E-state index in [1.807, 2.05) is 40.1 Å². The Hall–Kier alpha value is -2.75. The van der Waals surface area contributed by atoms with E-state index >= 15 is 0 Å². The zero-order chi connectivity index (χ0) is 24.7. The highest BCUT2D eigenvalue weighted by molar-refractivity contribution is 7.22. The number of methoxy groups -OCH3 is 2. The van der Waals surface area contributed by atoms with E-state index in [0.717, 1.165) is 17.7 Å². The Morgan fingerprint density at radius 2 is 1.54 bits per heavy atom. The number of thiazole rings is 1. The van der Waals surface area contributed by atoms with Gasteiger partial charge in [-0.3, -0.25) is 9.69 Å². The van der Waals surface area contributed by atoms with Crippen molar-refractivity contribution in [3.05, 3.63) is 35.9 Å². The van der Waals surface area contributed by atoms with E-state index in [1.54, 1.807) is 37.3 Å². The molecule has 0 aliphatic carbocycles. The first-order valence-electron chi connectivity index (χ1n) is 11.3. The minimum atomic E-state index is -0.153. The van der Waals surface area contributed by atoms with Crippen molar-refractivity contribution in [3.63, 3.8) is 0 Å². The Bertz CT molecular complexity index is 1080. The van der Waals surface area contributed by atoms with Crippen LogP contribution in [0.15, 0.2) is 30.3 Å². The van der Waals surface area contributed by atoms with Crippen LogP contribution in [0.4, 0.5) is 5.13 Å². The van der Waals surface area contributed by atoms with Crippen LogP contribution >= 0.6 is 23.7 Å². The molecule has 192 valence electrons. The zero-order valence-electron chi connectivity index (χ0n) is 21.1. The lowest BCUT2D eigenvalue weighted by Crippen LogP contribution is -2.33. The largest absolute Gasteiger partial charge is 0.495 e. The maximum Gasteiger partial charge on any atom is 0.260 e. The van der Waals surface area contributed by atoms with E-state index in [1.165, 1.54) is 11.3 Å². The highest BCUT2D eigenvalue weighted by Gasteiger charge is 2.24. The molecule has 0 aliphatic heterocycles. The number of hydrogen-bond donors (Lipinski definition) is 0. The van der Waals surface area contributed by atoms with Gasteiger partial charge in [0, 0.05) is 12.1 Å². The molecule has 0 saturated carbocycles. The van der Waals surface area contributed by atoms with Gasteiger partial charge in [-0.1, -0.05) is 11.3 Å². The van der Waals surface area contributed by atoms with Crippen molar-refractivity contribution in [2.75, 3.05) is 59.5 Å². The van der Waals surface area contributed by atoms with Crippen LogP contribution in [0.3, 0.4) is 0 Å². The van der Waals surface area contributed by atoms with Crippen molar-refractivity contribution >= 4 is 45.0 Å². The molecule has 0 fully saturated rings. The summed E-state index contributed by atoms with van der Waals surface area (Å²) in [6.07, 6.45) is 0.790. The van der Waals surface area contributed by atoms with E-state index in [9.17, 15) is 4.79 Å². The second-order valence-electron chi connectivity index (χ2n) is 7.79. The number of carbonyl (C=O) groups excluding carboxylic acids is 1. The van der Waals surface area contributed by atoms with Crippen LogP contribution in [0, 0.1) is 0 Å². The van der Waals surface area contributed by atoms with Crippen molar-refractivity contribution < 1.29 is 23.7 Å². The Morgan fingerprint density at radius 1 is 0.914 bits per heavy atom. The van der Waals surface area contributed by atoms with E-state index in [0.29, 0.717) is 59.0 Å². The number of benzene rings is 2. The summed E-state index contributed by atoms with van der Waals surface area (Å²) in [4.78, 5) is 22.4. The molecule has 0 aliphatic rings. The van der Waals surface area contributed by atoms with Gasteiger partial charge in [-0.2, -0.15) is 0 Å². The van der Waals surface area contributed by atoms with Crippen LogP contribution in [-0.4, -0.2) is 70.4 Å². The molecular formula is C25H34ClN3O5S. The molecule has 1 aromatic heterocycles. The number of ether oxygens (including phenoxy) is 4. The van der Waals surface area contributed by atoms with Gasteiger partial charge in [0.2, 0.25) is 0 Å². The molecule has 2 aromatic carbocycles. The van der Waals surface area contributed by atoms with E-state index in [4.69, 9.17) is 23.9 Å². The highest BCUT2D eigenvalue weighted by Crippen LogP contribution is 2.40. The minimum absolute atomic E-state index is 0. The van der Waals surface area contributed by atoms with Crippen LogP contribution in [0.25, 0.3) is 10.2 Å². The monoisotopic (exact) mass is 523 g/mol. The first-order chi connectivity index (χ1) is 16.4. The van der Waals surface area contributed by atoms with Gasteiger partial charge >= 0.3 is 0 Å². The number of anilines is 1. The van der Waals surface area contributed by atoms with Crippen molar-refractivity contribution in [1.82, 2.24) is 9.88 Å². The third-order valence-corrected chi connectivity index (χ3v) is 6.25. The second-order valence-corrected chi connectivity index (χ2v) is 8.76. The van der Waals surface area contributed by atoms with Crippen molar-refractivity contribution in [3.8, 4) is 23.0 Å². The van der Waals surface area contributed by atoms with Gasteiger partial charge in [-0.15, -0.1) is 12.4 Å². The average Bonchev–Trinajstić information content (AvgIpc) is 3.27. The Morgan fingerprint density at radius 3 is 2.17 bits per heavy atom. The standard InChI is InChI=1S/C25H33N3O5S.ClH/c1-7-32-18-11-10-17(16-21(18)33-8-2)24(29)28(15-9-14-27(3)4)25-26-22-19(30-5)12-13-20(31-6)23(22)34-25;/h10-13,16H,7-9,14-15H2,1-6H3;1H. The zero-order valence-corrected chi connectivity index (χ0v) is 22.8. The maximum atomic E-state index is 13.8. The Balaban J connectivity index is 0.00000432. The lowest BCUT2D eigenvalue weighted by atomic mass is 10.1. The summed E-state index contributed by atoms with van der Waals surface area (Å²) in [5.41, 5.74) is 1.18. The summed E-state index contributed by atoms with van der Waals surface area (Å²) in [5.74, 6) is 2.35. The molecule has 35 heavy (non-hydrogen) atoms. The first kappa shape index (κ1) is 28.5. The fourth-order valence-corrected chi connectivity index (χ4v) is 4.66. The SMILES string of the molecule is CCOc1ccc(C(=O)N(CCCN(C)C)c2nc3c(OC)ccc(OC)c3s2)cc1OCC.Cl. The van der Waals surface area contributed by atoms with Crippen LogP contribution in [0.2, 0.25) is 0 Å². The lowest BCUT2D eigenvalue weighted by Gasteiger charge is -2.21. The molecule has 0 atom stereocenters. The molecule has 0 unspecified atom stereocenters. The molecule has 0 spiro atoms. The predicted octanol–water partition coefficient (Wildman–Crippen LogP) is 5.13. The predicted molar refractivity (Wildman–Crippen MR) is 144 cm³/mol. The van der Waals surface area contributed by atoms with Gasteiger partial charge in [0.25, 0.3) is 5.91 Å². The molecule has 0 bridgehead atoms. The smallest absolute Gasteiger partial charge is 0.260 e. The lowest BCUT2D eigenvalue weighted by molar-refractivity contribution is 0.0985. The Labute approximate surface area is 217 Å². The average molecular weight is 524 g/mol. The quantitative estimate of drug-likeness (QED) is 0.326. The van der Waals surface area contributed by atoms with Crippen LogP contribution in [0.5, 0.6) is 23.0 Å². The molecule has 0 radical (unpaired) electrons. The summed E-state index contributed by atoms with van der Waals surface area (Å²) in [6.45, 7) is 6.16.